The van der Waals surface area contributed by atoms with Crippen LogP contribution in [0.3, 0.4) is 0 Å². The first-order valence-electron chi connectivity index (χ1n) is 6.92. The van der Waals surface area contributed by atoms with Gasteiger partial charge in [-0.3, -0.25) is 0 Å². The summed E-state index contributed by atoms with van der Waals surface area (Å²) in [7, 11) is -2.36. The van der Waals surface area contributed by atoms with Crippen molar-refractivity contribution in [3.05, 3.63) is 59.2 Å². The third kappa shape index (κ3) is 4.27. The molecule has 0 spiro atoms. The molecule has 0 aliphatic heterocycles. The van der Waals surface area contributed by atoms with E-state index in [1.165, 1.54) is 38.3 Å². The van der Waals surface area contributed by atoms with Crippen molar-refractivity contribution in [3.63, 3.8) is 0 Å². The Balaban J connectivity index is 2.02. The van der Waals surface area contributed by atoms with Gasteiger partial charge in [-0.05, 0) is 54.8 Å². The molecule has 1 N–H and O–H groups in total. The Bertz CT molecular complexity index is 807. The van der Waals surface area contributed by atoms with Gasteiger partial charge >= 0.3 is 0 Å². The average molecular weight is 341 g/mol. The second kappa shape index (κ2) is 7.06. The topological polar surface area (TPSA) is 55.4 Å². The van der Waals surface area contributed by atoms with Gasteiger partial charge in [-0.1, -0.05) is 6.07 Å². The maximum atomic E-state index is 13.6. The van der Waals surface area contributed by atoms with Crippen molar-refractivity contribution in [2.45, 2.75) is 18.2 Å². The summed E-state index contributed by atoms with van der Waals surface area (Å²) in [5, 5.41) is 0. The van der Waals surface area contributed by atoms with Crippen LogP contribution >= 0.6 is 0 Å². The smallest absolute Gasteiger partial charge is 0.240 e. The van der Waals surface area contributed by atoms with Crippen molar-refractivity contribution in [1.29, 1.82) is 0 Å². The Morgan fingerprint density at radius 3 is 2.43 bits per heavy atom. The van der Waals surface area contributed by atoms with Crippen molar-refractivity contribution >= 4 is 10.0 Å². The van der Waals surface area contributed by atoms with E-state index < -0.39 is 21.7 Å². The van der Waals surface area contributed by atoms with Gasteiger partial charge in [-0.25, -0.2) is 21.9 Å². The van der Waals surface area contributed by atoms with E-state index in [1.807, 2.05) is 0 Å². The Kier molecular flexibility index (Phi) is 5.33. The first kappa shape index (κ1) is 17.4. The second-order valence-electron chi connectivity index (χ2n) is 5.03. The predicted octanol–water partition coefficient (Wildman–Crippen LogP) is 2.80. The summed E-state index contributed by atoms with van der Waals surface area (Å²) in [5.74, 6) is -0.823. The molecule has 0 aliphatic rings. The number of rotatable bonds is 6. The number of hydrogen-bond acceptors (Lipinski definition) is 3. The summed E-state index contributed by atoms with van der Waals surface area (Å²) in [6, 6.07) is 8.04. The van der Waals surface area contributed by atoms with E-state index in [9.17, 15) is 17.2 Å². The summed E-state index contributed by atoms with van der Waals surface area (Å²) in [6.45, 7) is 1.60. The molecule has 0 saturated carbocycles. The van der Waals surface area contributed by atoms with Crippen LogP contribution in [0.4, 0.5) is 8.78 Å². The molecule has 7 heteroatoms. The fourth-order valence-electron chi connectivity index (χ4n) is 2.06. The molecule has 23 heavy (non-hydrogen) atoms. The monoisotopic (exact) mass is 341 g/mol. The third-order valence-corrected chi connectivity index (χ3v) is 4.82. The highest BCUT2D eigenvalue weighted by Gasteiger charge is 2.15. The summed E-state index contributed by atoms with van der Waals surface area (Å²) in [4.78, 5) is -0.00249. The third-order valence-electron chi connectivity index (χ3n) is 3.36. The Hall–Kier alpha value is -1.99. The maximum Gasteiger partial charge on any atom is 0.240 e. The van der Waals surface area contributed by atoms with Gasteiger partial charge in [0, 0.05) is 6.54 Å². The van der Waals surface area contributed by atoms with E-state index in [1.54, 1.807) is 6.07 Å². The molecule has 0 aromatic heterocycles. The van der Waals surface area contributed by atoms with E-state index in [0.717, 1.165) is 6.07 Å². The first-order valence-corrected chi connectivity index (χ1v) is 8.40. The summed E-state index contributed by atoms with van der Waals surface area (Å²) in [6.07, 6.45) is 0.320. The van der Waals surface area contributed by atoms with Crippen molar-refractivity contribution in [2.75, 3.05) is 13.7 Å². The quantitative estimate of drug-likeness (QED) is 0.879. The highest BCUT2D eigenvalue weighted by Crippen LogP contribution is 2.18. The average Bonchev–Trinajstić information content (AvgIpc) is 2.50. The number of methoxy groups -OCH3 is 1. The van der Waals surface area contributed by atoms with Gasteiger partial charge in [0.15, 0.2) is 11.6 Å². The molecule has 0 saturated heterocycles. The van der Waals surface area contributed by atoms with Crippen LogP contribution in [-0.2, 0) is 16.4 Å². The molecule has 0 heterocycles. The van der Waals surface area contributed by atoms with E-state index >= 15 is 0 Å². The van der Waals surface area contributed by atoms with Crippen LogP contribution in [0.15, 0.2) is 41.3 Å². The maximum absolute atomic E-state index is 13.6. The van der Waals surface area contributed by atoms with Crippen LogP contribution in [0.5, 0.6) is 5.75 Å². The first-order chi connectivity index (χ1) is 10.8. The van der Waals surface area contributed by atoms with Gasteiger partial charge in [0.1, 0.15) is 5.82 Å². The molecule has 4 nitrogen and oxygen atoms in total. The predicted molar refractivity (Wildman–Crippen MR) is 83.0 cm³/mol. The number of aryl methyl sites for hydroxylation is 1. The summed E-state index contributed by atoms with van der Waals surface area (Å²) >= 11 is 0. The molecule has 0 amide bonds. The Morgan fingerprint density at radius 1 is 1.09 bits per heavy atom. The van der Waals surface area contributed by atoms with E-state index in [2.05, 4.69) is 4.72 Å². The zero-order chi connectivity index (χ0) is 17.0. The Morgan fingerprint density at radius 2 is 1.83 bits per heavy atom. The van der Waals surface area contributed by atoms with Crippen molar-refractivity contribution in [2.24, 2.45) is 0 Å². The highest BCUT2D eigenvalue weighted by molar-refractivity contribution is 7.89. The molecular weight excluding hydrogens is 324 g/mol. The molecule has 0 radical (unpaired) electrons. The highest BCUT2D eigenvalue weighted by atomic mass is 32.2. The molecule has 2 rings (SSSR count). The minimum atomic E-state index is -3.73. The SMILES string of the molecule is COc1ccc(CCNS(=O)(=O)c2ccc(F)c(C)c2)cc1F. The number of nitrogens with one attached hydrogen (secondary N) is 1. The van der Waals surface area contributed by atoms with Crippen LogP contribution in [0.25, 0.3) is 0 Å². The lowest BCUT2D eigenvalue weighted by Crippen LogP contribution is -2.26. The van der Waals surface area contributed by atoms with Crippen LogP contribution in [0.2, 0.25) is 0 Å². The van der Waals surface area contributed by atoms with Gasteiger partial charge in [0.2, 0.25) is 10.0 Å². The lowest BCUT2D eigenvalue weighted by Gasteiger charge is -2.09. The molecule has 0 bridgehead atoms. The van der Waals surface area contributed by atoms with E-state index in [0.29, 0.717) is 12.0 Å². The Labute approximate surface area is 134 Å². The summed E-state index contributed by atoms with van der Waals surface area (Å²) < 4.78 is 58.2. The van der Waals surface area contributed by atoms with Gasteiger partial charge in [-0.2, -0.15) is 0 Å². The molecular formula is C16H17F2NO3S. The zero-order valence-corrected chi connectivity index (χ0v) is 13.6. The van der Waals surface area contributed by atoms with E-state index in [-0.39, 0.29) is 22.8 Å². The second-order valence-corrected chi connectivity index (χ2v) is 6.79. The molecule has 0 atom stereocenters. The normalized spacial score (nSPS) is 11.5. The number of sulfonamides is 1. The van der Waals surface area contributed by atoms with Gasteiger partial charge in [0.25, 0.3) is 0 Å². The van der Waals surface area contributed by atoms with Gasteiger partial charge in [-0.15, -0.1) is 0 Å². The van der Waals surface area contributed by atoms with Crippen LogP contribution < -0.4 is 9.46 Å². The summed E-state index contributed by atoms with van der Waals surface area (Å²) in [5.41, 5.74) is 0.895. The van der Waals surface area contributed by atoms with Gasteiger partial charge in [0.05, 0.1) is 12.0 Å². The molecule has 2 aromatic rings. The van der Waals surface area contributed by atoms with Crippen LogP contribution in [0.1, 0.15) is 11.1 Å². The fraction of sp³-hybridized carbons (Fsp3) is 0.250. The fourth-order valence-corrected chi connectivity index (χ4v) is 3.18. The van der Waals surface area contributed by atoms with Crippen molar-refractivity contribution in [1.82, 2.24) is 4.72 Å². The van der Waals surface area contributed by atoms with Gasteiger partial charge < -0.3 is 4.74 Å². The standard InChI is InChI=1S/C16H17F2NO3S/c1-11-9-13(4-5-14(11)17)23(20,21)19-8-7-12-3-6-16(22-2)15(18)10-12/h3-6,9-10,19H,7-8H2,1-2H3. The van der Waals surface area contributed by atoms with Crippen molar-refractivity contribution in [3.8, 4) is 5.75 Å². The number of halogens is 2. The number of benzene rings is 2. The number of ether oxygens (including phenoxy) is 1. The number of hydrogen-bond donors (Lipinski definition) is 1. The molecule has 0 aliphatic carbocycles. The molecule has 0 unspecified atom stereocenters. The van der Waals surface area contributed by atoms with Crippen LogP contribution in [-0.4, -0.2) is 22.1 Å². The largest absolute Gasteiger partial charge is 0.494 e. The molecule has 0 fully saturated rings. The van der Waals surface area contributed by atoms with E-state index in [4.69, 9.17) is 4.74 Å². The van der Waals surface area contributed by atoms with Crippen LogP contribution in [0, 0.1) is 18.6 Å². The lowest BCUT2D eigenvalue weighted by molar-refractivity contribution is 0.386. The molecule has 124 valence electrons. The van der Waals surface area contributed by atoms with Crippen molar-refractivity contribution < 1.29 is 21.9 Å². The zero-order valence-electron chi connectivity index (χ0n) is 12.8. The molecule has 2 aromatic carbocycles. The minimum absolute atomic E-state index is 0.00249. The minimum Gasteiger partial charge on any atom is -0.494 e. The lowest BCUT2D eigenvalue weighted by atomic mass is 10.1.